The van der Waals surface area contributed by atoms with Crippen LogP contribution in [0.3, 0.4) is 0 Å². The molecule has 17 heavy (non-hydrogen) atoms. The molecule has 0 amide bonds. The van der Waals surface area contributed by atoms with Gasteiger partial charge in [-0.3, -0.25) is 0 Å². The topological polar surface area (TPSA) is 40.6 Å². The van der Waals surface area contributed by atoms with E-state index in [9.17, 15) is 8.42 Å². The third-order valence-electron chi connectivity index (χ3n) is 2.92. The van der Waals surface area contributed by atoms with Crippen LogP contribution < -0.4 is 0 Å². The Bertz CT molecular complexity index is 504. The summed E-state index contributed by atoms with van der Waals surface area (Å²) in [4.78, 5) is 3.43. The van der Waals surface area contributed by atoms with Gasteiger partial charge >= 0.3 is 0 Å². The number of likely N-dealkylation sites (N-methyl/N-ethyl adjacent to an activating group) is 1. The normalized spacial score (nSPS) is 19.7. The Morgan fingerprint density at radius 2 is 1.88 bits per heavy atom. The van der Waals surface area contributed by atoms with Crippen LogP contribution in [0.1, 0.15) is 4.88 Å². The third kappa shape index (κ3) is 2.73. The van der Waals surface area contributed by atoms with Gasteiger partial charge in [0.25, 0.3) is 0 Å². The average molecular weight is 339 g/mol. The van der Waals surface area contributed by atoms with E-state index in [2.05, 4.69) is 20.8 Å². The van der Waals surface area contributed by atoms with E-state index in [-0.39, 0.29) is 0 Å². The molecule has 0 unspecified atom stereocenters. The van der Waals surface area contributed by atoms with Gasteiger partial charge in [0.05, 0.1) is 8.68 Å². The van der Waals surface area contributed by atoms with Crippen molar-refractivity contribution < 1.29 is 8.42 Å². The first-order valence-corrected chi connectivity index (χ1v) is 8.41. The molecule has 1 aromatic heterocycles. The number of halogens is 1. The van der Waals surface area contributed by atoms with Crippen LogP contribution in [0.5, 0.6) is 0 Å². The Balaban J connectivity index is 2.28. The highest BCUT2D eigenvalue weighted by Gasteiger charge is 2.29. The molecule has 96 valence electrons. The fourth-order valence-corrected chi connectivity index (χ4v) is 5.66. The first-order valence-electron chi connectivity index (χ1n) is 5.36. The van der Waals surface area contributed by atoms with Gasteiger partial charge in [0, 0.05) is 31.1 Å². The van der Waals surface area contributed by atoms with Gasteiger partial charge in [-0.25, -0.2) is 8.42 Å². The number of sulfonamides is 1. The van der Waals surface area contributed by atoms with Crippen LogP contribution in [-0.2, 0) is 10.0 Å². The van der Waals surface area contributed by atoms with Gasteiger partial charge in [-0.1, -0.05) is 0 Å². The summed E-state index contributed by atoms with van der Waals surface area (Å²) in [5.74, 6) is 0. The van der Waals surface area contributed by atoms with Crippen LogP contribution in [0.2, 0.25) is 0 Å². The Labute approximate surface area is 114 Å². The van der Waals surface area contributed by atoms with E-state index in [1.165, 1.54) is 11.3 Å². The summed E-state index contributed by atoms with van der Waals surface area (Å²) in [6.45, 7) is 4.59. The zero-order valence-electron chi connectivity index (χ0n) is 9.81. The molecule has 2 rings (SSSR count). The second-order valence-electron chi connectivity index (χ2n) is 4.18. The Morgan fingerprint density at radius 3 is 2.35 bits per heavy atom. The standard InChI is InChI=1S/C10H15BrN2O2S2/c1-8-9(7-10(11)16-8)17(14,15)13-5-3-12(2)4-6-13/h7H,3-6H2,1-2H3. The third-order valence-corrected chi connectivity index (χ3v) is 6.63. The minimum absolute atomic E-state index is 0.443. The number of rotatable bonds is 2. The average Bonchev–Trinajstić information content (AvgIpc) is 2.59. The monoisotopic (exact) mass is 338 g/mol. The number of thiophene rings is 1. The van der Waals surface area contributed by atoms with E-state index >= 15 is 0 Å². The fraction of sp³-hybridized carbons (Fsp3) is 0.600. The number of piperazine rings is 1. The molecule has 0 aromatic carbocycles. The lowest BCUT2D eigenvalue weighted by Crippen LogP contribution is -2.47. The molecule has 0 spiro atoms. The van der Waals surface area contributed by atoms with Crippen molar-refractivity contribution in [3.63, 3.8) is 0 Å². The summed E-state index contributed by atoms with van der Waals surface area (Å²) in [6, 6.07) is 1.70. The van der Waals surface area contributed by atoms with Crippen molar-refractivity contribution in [3.8, 4) is 0 Å². The molecule has 0 bridgehead atoms. The van der Waals surface area contributed by atoms with E-state index < -0.39 is 10.0 Å². The summed E-state index contributed by atoms with van der Waals surface area (Å²) in [5.41, 5.74) is 0. The molecule has 1 aromatic rings. The first kappa shape index (κ1) is 13.5. The van der Waals surface area contributed by atoms with Gasteiger partial charge in [0.15, 0.2) is 0 Å². The molecular weight excluding hydrogens is 324 g/mol. The number of nitrogens with zero attached hydrogens (tertiary/aromatic N) is 2. The fourth-order valence-electron chi connectivity index (χ4n) is 1.85. The SMILES string of the molecule is Cc1sc(Br)cc1S(=O)(=O)N1CCN(C)CC1. The lowest BCUT2D eigenvalue weighted by atomic mass is 10.4. The van der Waals surface area contributed by atoms with E-state index in [0.717, 1.165) is 21.8 Å². The summed E-state index contributed by atoms with van der Waals surface area (Å²) in [5, 5.41) is 0. The highest BCUT2D eigenvalue weighted by molar-refractivity contribution is 9.11. The van der Waals surface area contributed by atoms with Crippen molar-refractivity contribution in [1.82, 2.24) is 9.21 Å². The highest BCUT2D eigenvalue weighted by atomic mass is 79.9. The van der Waals surface area contributed by atoms with Gasteiger partial charge in [-0.05, 0) is 36.0 Å². The van der Waals surface area contributed by atoms with Crippen LogP contribution in [0.25, 0.3) is 0 Å². The lowest BCUT2D eigenvalue weighted by molar-refractivity contribution is 0.222. The lowest BCUT2D eigenvalue weighted by Gasteiger charge is -2.31. The van der Waals surface area contributed by atoms with Crippen molar-refractivity contribution in [1.29, 1.82) is 0 Å². The minimum Gasteiger partial charge on any atom is -0.304 e. The largest absolute Gasteiger partial charge is 0.304 e. The quantitative estimate of drug-likeness (QED) is 0.824. The number of aryl methyl sites for hydroxylation is 1. The van der Waals surface area contributed by atoms with Crippen molar-refractivity contribution in [2.75, 3.05) is 33.2 Å². The van der Waals surface area contributed by atoms with E-state index in [4.69, 9.17) is 0 Å². The molecule has 4 nitrogen and oxygen atoms in total. The van der Waals surface area contributed by atoms with E-state index in [1.807, 2.05) is 14.0 Å². The van der Waals surface area contributed by atoms with Crippen molar-refractivity contribution in [2.24, 2.45) is 0 Å². The molecule has 0 atom stereocenters. The summed E-state index contributed by atoms with van der Waals surface area (Å²) in [7, 11) is -1.30. The van der Waals surface area contributed by atoms with Gasteiger partial charge in [0.2, 0.25) is 10.0 Å². The smallest absolute Gasteiger partial charge is 0.244 e. The summed E-state index contributed by atoms with van der Waals surface area (Å²) >= 11 is 4.80. The van der Waals surface area contributed by atoms with Crippen LogP contribution in [0, 0.1) is 6.92 Å². The number of hydrogen-bond donors (Lipinski definition) is 0. The zero-order valence-corrected chi connectivity index (χ0v) is 13.0. The molecular formula is C10H15BrN2O2S2. The maximum atomic E-state index is 12.4. The maximum Gasteiger partial charge on any atom is 0.244 e. The van der Waals surface area contributed by atoms with Crippen LogP contribution in [0.4, 0.5) is 0 Å². The zero-order chi connectivity index (χ0) is 12.6. The molecule has 2 heterocycles. The van der Waals surface area contributed by atoms with Gasteiger partial charge in [-0.15, -0.1) is 11.3 Å². The summed E-state index contributed by atoms with van der Waals surface area (Å²) < 4.78 is 27.3. The molecule has 0 N–H and O–H groups in total. The number of hydrogen-bond acceptors (Lipinski definition) is 4. The second-order valence-corrected chi connectivity index (χ2v) is 8.72. The van der Waals surface area contributed by atoms with E-state index in [0.29, 0.717) is 18.0 Å². The highest BCUT2D eigenvalue weighted by Crippen LogP contribution is 2.31. The Kier molecular flexibility index (Phi) is 3.94. The molecule has 1 aliphatic rings. The molecule has 0 radical (unpaired) electrons. The minimum atomic E-state index is -3.31. The van der Waals surface area contributed by atoms with Gasteiger partial charge < -0.3 is 4.90 Å². The molecule has 1 fully saturated rings. The Morgan fingerprint density at radius 1 is 1.29 bits per heavy atom. The molecule has 0 saturated carbocycles. The van der Waals surface area contributed by atoms with E-state index in [1.54, 1.807) is 10.4 Å². The molecule has 7 heteroatoms. The first-order chi connectivity index (χ1) is 7.91. The van der Waals surface area contributed by atoms with Gasteiger partial charge in [-0.2, -0.15) is 4.31 Å². The summed E-state index contributed by atoms with van der Waals surface area (Å²) in [6.07, 6.45) is 0. The Hall–Kier alpha value is 0.0500. The van der Waals surface area contributed by atoms with Crippen molar-refractivity contribution in [2.45, 2.75) is 11.8 Å². The maximum absolute atomic E-state index is 12.4. The molecule has 1 saturated heterocycles. The van der Waals surface area contributed by atoms with Crippen molar-refractivity contribution in [3.05, 3.63) is 14.7 Å². The van der Waals surface area contributed by atoms with Crippen molar-refractivity contribution >= 4 is 37.3 Å². The predicted octanol–water partition coefficient (Wildman–Crippen LogP) is 1.76. The van der Waals surface area contributed by atoms with Crippen LogP contribution in [0.15, 0.2) is 14.7 Å². The molecule has 1 aliphatic heterocycles. The van der Waals surface area contributed by atoms with Crippen LogP contribution in [-0.4, -0.2) is 50.8 Å². The second kappa shape index (κ2) is 4.97. The molecule has 0 aliphatic carbocycles. The van der Waals surface area contributed by atoms with Gasteiger partial charge in [0.1, 0.15) is 0 Å². The van der Waals surface area contributed by atoms with Crippen LogP contribution >= 0.6 is 27.3 Å². The predicted molar refractivity (Wildman–Crippen MR) is 73.0 cm³/mol.